The van der Waals surface area contributed by atoms with E-state index in [9.17, 15) is 4.79 Å². The maximum absolute atomic E-state index is 12.7. The number of hydrogen-bond acceptors (Lipinski definition) is 3. The Bertz CT molecular complexity index is 1210. The SMILES string of the molecule is Cc1nn(-c2ccccc2)c2[nH]c(=O)c(CN[C@@H]3CCc4ccccc43)cc12. The molecule has 0 aliphatic heterocycles. The number of pyridine rings is 1. The maximum Gasteiger partial charge on any atom is 0.254 e. The van der Waals surface area contributed by atoms with Crippen molar-refractivity contribution in [3.63, 3.8) is 0 Å². The van der Waals surface area contributed by atoms with Crippen molar-refractivity contribution in [3.8, 4) is 5.69 Å². The average Bonchev–Trinajstić information content (AvgIpc) is 3.28. The number of nitrogens with one attached hydrogen (secondary N) is 2. The Labute approximate surface area is 163 Å². The molecule has 2 aromatic heterocycles. The third-order valence-corrected chi connectivity index (χ3v) is 5.62. The van der Waals surface area contributed by atoms with Gasteiger partial charge in [0.1, 0.15) is 5.65 Å². The average molecular weight is 370 g/mol. The molecular formula is C23H22N4O. The summed E-state index contributed by atoms with van der Waals surface area (Å²) in [5.41, 5.74) is 6.02. The molecule has 28 heavy (non-hydrogen) atoms. The highest BCUT2D eigenvalue weighted by atomic mass is 16.1. The van der Waals surface area contributed by atoms with Crippen molar-refractivity contribution >= 4 is 11.0 Å². The Morgan fingerprint density at radius 2 is 1.93 bits per heavy atom. The van der Waals surface area contributed by atoms with Gasteiger partial charge in [-0.15, -0.1) is 0 Å². The van der Waals surface area contributed by atoms with E-state index in [0.29, 0.717) is 12.6 Å². The molecule has 140 valence electrons. The van der Waals surface area contributed by atoms with Crippen LogP contribution in [0.15, 0.2) is 65.5 Å². The fourth-order valence-corrected chi connectivity index (χ4v) is 4.15. The number of aromatic nitrogens is 3. The summed E-state index contributed by atoms with van der Waals surface area (Å²) in [6, 6.07) is 20.7. The Hall–Kier alpha value is -3.18. The molecule has 2 aromatic carbocycles. The van der Waals surface area contributed by atoms with E-state index in [4.69, 9.17) is 0 Å². The van der Waals surface area contributed by atoms with Gasteiger partial charge in [0.15, 0.2) is 0 Å². The van der Waals surface area contributed by atoms with E-state index in [1.807, 2.05) is 43.3 Å². The lowest BCUT2D eigenvalue weighted by Gasteiger charge is -2.14. The largest absolute Gasteiger partial charge is 0.306 e. The molecule has 0 bridgehead atoms. The van der Waals surface area contributed by atoms with Crippen LogP contribution in [-0.4, -0.2) is 14.8 Å². The zero-order valence-electron chi connectivity index (χ0n) is 15.8. The summed E-state index contributed by atoms with van der Waals surface area (Å²) >= 11 is 0. The van der Waals surface area contributed by atoms with Crippen molar-refractivity contribution in [2.45, 2.75) is 32.4 Å². The van der Waals surface area contributed by atoms with Crippen LogP contribution in [0.4, 0.5) is 0 Å². The highest BCUT2D eigenvalue weighted by Gasteiger charge is 2.21. The minimum Gasteiger partial charge on any atom is -0.306 e. The van der Waals surface area contributed by atoms with Gasteiger partial charge < -0.3 is 10.3 Å². The summed E-state index contributed by atoms with van der Waals surface area (Å²) in [6.07, 6.45) is 2.16. The van der Waals surface area contributed by atoms with Crippen molar-refractivity contribution in [2.24, 2.45) is 0 Å². The van der Waals surface area contributed by atoms with Gasteiger partial charge in [0.2, 0.25) is 0 Å². The van der Waals surface area contributed by atoms with Gasteiger partial charge in [0.05, 0.1) is 11.4 Å². The molecular weight excluding hydrogens is 348 g/mol. The molecule has 5 heteroatoms. The second-order valence-electron chi connectivity index (χ2n) is 7.39. The molecule has 5 nitrogen and oxygen atoms in total. The highest BCUT2D eigenvalue weighted by Crippen LogP contribution is 2.31. The van der Waals surface area contributed by atoms with Crippen molar-refractivity contribution in [2.75, 3.05) is 0 Å². The Kier molecular flexibility index (Phi) is 4.10. The topological polar surface area (TPSA) is 62.7 Å². The fourth-order valence-electron chi connectivity index (χ4n) is 4.15. The molecule has 0 radical (unpaired) electrons. The second-order valence-corrected chi connectivity index (χ2v) is 7.39. The standard InChI is InChI=1S/C23H22N4O/c1-15-20-13-17(14-24-21-12-11-16-7-5-6-10-19(16)21)23(28)25-22(20)27(26-15)18-8-3-2-4-9-18/h2-10,13,21,24H,11-12,14H2,1H3,(H,25,28)/t21-/m1/s1. The summed E-state index contributed by atoms with van der Waals surface area (Å²) in [4.78, 5) is 15.8. The van der Waals surface area contributed by atoms with Gasteiger partial charge in [-0.05, 0) is 49.1 Å². The first-order chi connectivity index (χ1) is 13.7. The molecule has 2 N–H and O–H groups in total. The molecule has 1 atom stereocenters. The predicted octanol–water partition coefficient (Wildman–Crippen LogP) is 3.80. The minimum absolute atomic E-state index is 0.0663. The smallest absolute Gasteiger partial charge is 0.254 e. The van der Waals surface area contributed by atoms with Gasteiger partial charge in [0.25, 0.3) is 5.56 Å². The number of benzene rings is 2. The molecule has 2 heterocycles. The van der Waals surface area contributed by atoms with Crippen LogP contribution >= 0.6 is 0 Å². The van der Waals surface area contributed by atoms with Gasteiger partial charge in [0, 0.05) is 23.5 Å². The summed E-state index contributed by atoms with van der Waals surface area (Å²) in [6.45, 7) is 2.52. The third-order valence-electron chi connectivity index (χ3n) is 5.62. The lowest BCUT2D eigenvalue weighted by atomic mass is 10.1. The minimum atomic E-state index is -0.0663. The lowest BCUT2D eigenvalue weighted by molar-refractivity contribution is 0.528. The quantitative estimate of drug-likeness (QED) is 0.574. The van der Waals surface area contributed by atoms with E-state index in [1.165, 1.54) is 11.1 Å². The lowest BCUT2D eigenvalue weighted by Crippen LogP contribution is -2.24. The number of aryl methyl sites for hydroxylation is 2. The molecule has 1 aliphatic rings. The number of H-pyrrole nitrogens is 1. The zero-order valence-corrected chi connectivity index (χ0v) is 15.8. The van der Waals surface area contributed by atoms with Crippen LogP contribution in [-0.2, 0) is 13.0 Å². The Morgan fingerprint density at radius 1 is 1.14 bits per heavy atom. The highest BCUT2D eigenvalue weighted by molar-refractivity contribution is 5.80. The fraction of sp³-hybridized carbons (Fsp3) is 0.217. The first-order valence-electron chi connectivity index (χ1n) is 9.69. The monoisotopic (exact) mass is 370 g/mol. The molecule has 0 spiro atoms. The van der Waals surface area contributed by atoms with Crippen molar-refractivity contribution in [1.82, 2.24) is 20.1 Å². The molecule has 0 unspecified atom stereocenters. The van der Waals surface area contributed by atoms with Crippen LogP contribution in [0.3, 0.4) is 0 Å². The molecule has 4 aromatic rings. The molecule has 0 saturated heterocycles. The summed E-state index contributed by atoms with van der Waals surface area (Å²) < 4.78 is 1.80. The van der Waals surface area contributed by atoms with Crippen LogP contribution < -0.4 is 10.9 Å². The van der Waals surface area contributed by atoms with Crippen LogP contribution in [0.5, 0.6) is 0 Å². The van der Waals surface area contributed by atoms with Crippen molar-refractivity contribution in [3.05, 3.63) is 93.4 Å². The van der Waals surface area contributed by atoms with Gasteiger partial charge in [-0.3, -0.25) is 4.79 Å². The predicted molar refractivity (Wildman–Crippen MR) is 111 cm³/mol. The molecule has 0 fully saturated rings. The van der Waals surface area contributed by atoms with Gasteiger partial charge in [-0.2, -0.15) is 5.10 Å². The third kappa shape index (κ3) is 2.84. The number of hydrogen-bond donors (Lipinski definition) is 2. The van der Waals surface area contributed by atoms with Gasteiger partial charge in [-0.25, -0.2) is 4.68 Å². The van der Waals surface area contributed by atoms with Gasteiger partial charge in [-0.1, -0.05) is 42.5 Å². The normalized spacial score (nSPS) is 15.8. The maximum atomic E-state index is 12.7. The van der Waals surface area contributed by atoms with E-state index in [2.05, 4.69) is 39.7 Å². The van der Waals surface area contributed by atoms with E-state index < -0.39 is 0 Å². The van der Waals surface area contributed by atoms with Crippen molar-refractivity contribution in [1.29, 1.82) is 0 Å². The molecule has 1 aliphatic carbocycles. The van der Waals surface area contributed by atoms with Crippen LogP contribution in [0.2, 0.25) is 0 Å². The van der Waals surface area contributed by atoms with E-state index in [0.717, 1.165) is 40.8 Å². The summed E-state index contributed by atoms with van der Waals surface area (Å²) in [7, 11) is 0. The van der Waals surface area contributed by atoms with Crippen molar-refractivity contribution < 1.29 is 0 Å². The number of nitrogens with zero attached hydrogens (tertiary/aromatic N) is 2. The Morgan fingerprint density at radius 3 is 2.79 bits per heavy atom. The number of fused-ring (bicyclic) bond motifs is 2. The molecule has 0 amide bonds. The second kappa shape index (κ2) is 6.77. The van der Waals surface area contributed by atoms with Crippen LogP contribution in [0.1, 0.15) is 34.8 Å². The Balaban J connectivity index is 1.46. The van der Waals surface area contributed by atoms with E-state index in [-0.39, 0.29) is 5.56 Å². The number of aromatic amines is 1. The van der Waals surface area contributed by atoms with E-state index >= 15 is 0 Å². The zero-order chi connectivity index (χ0) is 19.1. The summed E-state index contributed by atoms with van der Waals surface area (Å²) in [5.74, 6) is 0. The summed E-state index contributed by atoms with van der Waals surface area (Å²) in [5, 5.41) is 9.18. The number of rotatable bonds is 4. The first-order valence-corrected chi connectivity index (χ1v) is 9.69. The number of para-hydroxylation sites is 1. The first kappa shape index (κ1) is 17.0. The van der Waals surface area contributed by atoms with Crippen LogP contribution in [0, 0.1) is 6.92 Å². The molecule has 0 saturated carbocycles. The van der Waals surface area contributed by atoms with E-state index in [1.54, 1.807) is 4.68 Å². The van der Waals surface area contributed by atoms with Crippen LogP contribution in [0.25, 0.3) is 16.7 Å². The van der Waals surface area contributed by atoms with Gasteiger partial charge >= 0.3 is 0 Å². The molecule has 5 rings (SSSR count).